The van der Waals surface area contributed by atoms with Gasteiger partial charge in [0.2, 0.25) is 5.91 Å². The fourth-order valence-corrected chi connectivity index (χ4v) is 1.94. The number of sulfone groups is 1. The fraction of sp³-hybridized carbons (Fsp3) is 0.846. The Morgan fingerprint density at radius 2 is 1.70 bits per heavy atom. The van der Waals surface area contributed by atoms with E-state index in [1.54, 1.807) is 34.6 Å². The van der Waals surface area contributed by atoms with Gasteiger partial charge in [-0.05, 0) is 26.7 Å². The third kappa shape index (κ3) is 8.90. The molecule has 118 valence electrons. The van der Waals surface area contributed by atoms with Gasteiger partial charge in [-0.2, -0.15) is 0 Å². The molecule has 6 nitrogen and oxygen atoms in total. The first-order chi connectivity index (χ1) is 8.82. The Morgan fingerprint density at radius 1 is 1.20 bits per heavy atom. The minimum atomic E-state index is -3.20. The first-order valence-electron chi connectivity index (χ1n) is 6.52. The summed E-state index contributed by atoms with van der Waals surface area (Å²) in [6.45, 7) is 8.80. The van der Waals surface area contributed by atoms with E-state index < -0.39 is 33.4 Å². The average Bonchev–Trinajstić information content (AvgIpc) is 2.18. The molecule has 0 rings (SSSR count). The summed E-state index contributed by atoms with van der Waals surface area (Å²) in [4.78, 5) is 23.7. The summed E-state index contributed by atoms with van der Waals surface area (Å²) in [6, 6.07) is -0.777. The average molecular weight is 307 g/mol. The van der Waals surface area contributed by atoms with E-state index in [0.29, 0.717) is 0 Å². The van der Waals surface area contributed by atoms with Crippen LogP contribution in [0.25, 0.3) is 0 Å². The molecule has 0 saturated carbocycles. The van der Waals surface area contributed by atoms with Crippen molar-refractivity contribution in [1.82, 2.24) is 5.32 Å². The van der Waals surface area contributed by atoms with E-state index in [2.05, 4.69) is 5.32 Å². The molecule has 0 unspecified atom stereocenters. The number of amides is 1. The topological polar surface area (TPSA) is 89.5 Å². The Labute approximate surface area is 121 Å². The van der Waals surface area contributed by atoms with Gasteiger partial charge in [-0.25, -0.2) is 13.2 Å². The van der Waals surface area contributed by atoms with Crippen LogP contribution in [0.2, 0.25) is 0 Å². The predicted octanol–water partition coefficient (Wildman–Crippen LogP) is 0.904. The lowest BCUT2D eigenvalue weighted by Crippen LogP contribution is -2.47. The van der Waals surface area contributed by atoms with Gasteiger partial charge in [0.1, 0.15) is 21.5 Å². The number of nitrogens with one attached hydrogen (secondary N) is 1. The Balaban J connectivity index is 4.63. The maximum absolute atomic E-state index is 12.0. The van der Waals surface area contributed by atoms with Gasteiger partial charge in [0.25, 0.3) is 0 Å². The lowest BCUT2D eigenvalue weighted by Gasteiger charge is -2.26. The maximum Gasteiger partial charge on any atom is 0.329 e. The lowest BCUT2D eigenvalue weighted by molar-refractivity contribution is -0.160. The monoisotopic (exact) mass is 307 g/mol. The van der Waals surface area contributed by atoms with Gasteiger partial charge in [0, 0.05) is 12.7 Å². The van der Waals surface area contributed by atoms with Crippen LogP contribution in [0, 0.1) is 5.92 Å². The van der Waals surface area contributed by atoms with Crippen molar-refractivity contribution >= 4 is 21.7 Å². The predicted molar refractivity (Wildman–Crippen MR) is 76.9 cm³/mol. The summed E-state index contributed by atoms with van der Waals surface area (Å²) >= 11 is 0. The molecule has 0 aromatic heterocycles. The molecule has 0 bridgehead atoms. The molecule has 0 aromatic carbocycles. The van der Waals surface area contributed by atoms with Gasteiger partial charge in [-0.3, -0.25) is 4.79 Å². The summed E-state index contributed by atoms with van der Waals surface area (Å²) in [6.07, 6.45) is 0.902. The highest BCUT2D eigenvalue weighted by atomic mass is 32.2. The van der Waals surface area contributed by atoms with Crippen molar-refractivity contribution < 1.29 is 22.7 Å². The lowest BCUT2D eigenvalue weighted by atomic mass is 10.0. The first-order valence-corrected chi connectivity index (χ1v) is 8.58. The molecule has 0 aromatic rings. The molecule has 0 aliphatic carbocycles. The van der Waals surface area contributed by atoms with Crippen LogP contribution in [0.1, 0.15) is 41.0 Å². The van der Waals surface area contributed by atoms with Crippen LogP contribution < -0.4 is 5.32 Å². The van der Waals surface area contributed by atoms with Gasteiger partial charge < -0.3 is 10.1 Å². The SMILES string of the molecule is CC(C)[C@H](NC(=O)CCS(C)(=O)=O)C(=O)OC(C)(C)C. The van der Waals surface area contributed by atoms with Crippen molar-refractivity contribution in [3.05, 3.63) is 0 Å². The fourth-order valence-electron chi connectivity index (χ4n) is 1.39. The largest absolute Gasteiger partial charge is 0.458 e. The van der Waals surface area contributed by atoms with Gasteiger partial charge in [-0.1, -0.05) is 13.8 Å². The van der Waals surface area contributed by atoms with Crippen LogP contribution in [0.4, 0.5) is 0 Å². The molecule has 0 saturated heterocycles. The zero-order valence-electron chi connectivity index (χ0n) is 13.0. The maximum atomic E-state index is 12.0. The number of esters is 1. The van der Waals surface area contributed by atoms with E-state index in [9.17, 15) is 18.0 Å². The Bertz CT molecular complexity index is 448. The molecule has 20 heavy (non-hydrogen) atoms. The second-order valence-corrected chi connectivity index (χ2v) is 8.46. The molecule has 0 aliphatic heterocycles. The zero-order valence-corrected chi connectivity index (χ0v) is 13.8. The van der Waals surface area contributed by atoms with Crippen LogP contribution in [0.5, 0.6) is 0 Å². The van der Waals surface area contributed by atoms with E-state index >= 15 is 0 Å². The van der Waals surface area contributed by atoms with Crippen LogP contribution >= 0.6 is 0 Å². The van der Waals surface area contributed by atoms with Gasteiger partial charge in [0.05, 0.1) is 5.75 Å². The van der Waals surface area contributed by atoms with Crippen LogP contribution in [0.3, 0.4) is 0 Å². The molecule has 7 heteroatoms. The standard InChI is InChI=1S/C13H25NO5S/c1-9(2)11(12(16)19-13(3,4)5)14-10(15)7-8-20(6,17)18/h9,11H,7-8H2,1-6H3,(H,14,15)/t11-/m0/s1. The van der Waals surface area contributed by atoms with Crippen molar-refractivity contribution in [3.63, 3.8) is 0 Å². The van der Waals surface area contributed by atoms with Crippen LogP contribution in [-0.2, 0) is 24.2 Å². The number of ether oxygens (including phenoxy) is 1. The molecule has 0 fully saturated rings. The Hall–Kier alpha value is -1.11. The highest BCUT2D eigenvalue weighted by molar-refractivity contribution is 7.90. The summed E-state index contributed by atoms with van der Waals surface area (Å²) in [5, 5.41) is 2.53. The summed E-state index contributed by atoms with van der Waals surface area (Å²) < 4.78 is 27.2. The Kier molecular flexibility index (Phi) is 6.67. The van der Waals surface area contributed by atoms with Gasteiger partial charge in [0.15, 0.2) is 0 Å². The third-order valence-corrected chi connectivity index (χ3v) is 3.29. The summed E-state index contributed by atoms with van der Waals surface area (Å²) in [5.74, 6) is -1.37. The summed E-state index contributed by atoms with van der Waals surface area (Å²) in [5.41, 5.74) is -0.637. The van der Waals surface area contributed by atoms with Gasteiger partial charge >= 0.3 is 5.97 Å². The molecule has 1 amide bonds. The molecule has 0 aliphatic rings. The first kappa shape index (κ1) is 18.9. The van der Waals surface area contributed by atoms with Crippen molar-refractivity contribution in [2.45, 2.75) is 52.7 Å². The minimum Gasteiger partial charge on any atom is -0.458 e. The van der Waals surface area contributed by atoms with Gasteiger partial charge in [-0.15, -0.1) is 0 Å². The van der Waals surface area contributed by atoms with E-state index in [1.165, 1.54) is 0 Å². The quantitative estimate of drug-likeness (QED) is 0.737. The van der Waals surface area contributed by atoms with Crippen molar-refractivity contribution in [1.29, 1.82) is 0 Å². The molecule has 1 atom stereocenters. The second kappa shape index (κ2) is 7.06. The minimum absolute atomic E-state index is 0.146. The molecule has 1 N–H and O–H groups in total. The molecule has 0 spiro atoms. The van der Waals surface area contributed by atoms with Crippen molar-refractivity contribution in [2.75, 3.05) is 12.0 Å². The molecular weight excluding hydrogens is 282 g/mol. The van der Waals surface area contributed by atoms with E-state index in [-0.39, 0.29) is 18.1 Å². The zero-order chi connectivity index (χ0) is 16.1. The van der Waals surface area contributed by atoms with E-state index in [0.717, 1.165) is 6.26 Å². The highest BCUT2D eigenvalue weighted by Gasteiger charge is 2.29. The smallest absolute Gasteiger partial charge is 0.329 e. The van der Waals surface area contributed by atoms with Crippen LogP contribution in [-0.4, -0.2) is 43.9 Å². The number of rotatable bonds is 6. The van der Waals surface area contributed by atoms with Crippen LogP contribution in [0.15, 0.2) is 0 Å². The van der Waals surface area contributed by atoms with Crippen molar-refractivity contribution in [3.8, 4) is 0 Å². The number of hydrogen-bond acceptors (Lipinski definition) is 5. The number of carbonyl (C=O) groups is 2. The van der Waals surface area contributed by atoms with E-state index in [4.69, 9.17) is 4.74 Å². The summed E-state index contributed by atoms with van der Waals surface area (Å²) in [7, 11) is -3.20. The molecule has 0 radical (unpaired) electrons. The number of carbonyl (C=O) groups excluding carboxylic acids is 2. The third-order valence-electron chi connectivity index (χ3n) is 2.34. The highest BCUT2D eigenvalue weighted by Crippen LogP contribution is 2.12. The van der Waals surface area contributed by atoms with E-state index in [1.807, 2.05) is 0 Å². The Morgan fingerprint density at radius 3 is 2.05 bits per heavy atom. The normalized spacial score (nSPS) is 13.9. The van der Waals surface area contributed by atoms with Crippen molar-refractivity contribution in [2.24, 2.45) is 5.92 Å². The second-order valence-electron chi connectivity index (χ2n) is 6.20. The molecular formula is C13H25NO5S. The molecule has 0 heterocycles. The number of hydrogen-bond donors (Lipinski definition) is 1.